The summed E-state index contributed by atoms with van der Waals surface area (Å²) in [5.41, 5.74) is 2.06. The Balaban J connectivity index is 1.88. The molecule has 0 atom stereocenters. The van der Waals surface area contributed by atoms with Crippen molar-refractivity contribution in [2.75, 3.05) is 38.2 Å². The van der Waals surface area contributed by atoms with Crippen LogP contribution in [-0.2, 0) is 4.74 Å². The molecule has 0 spiro atoms. The number of rotatable bonds is 4. The Kier molecular flexibility index (Phi) is 6.03. The van der Waals surface area contributed by atoms with E-state index in [4.69, 9.17) is 28.6 Å². The van der Waals surface area contributed by atoms with Gasteiger partial charge in [0.1, 0.15) is 18.6 Å². The lowest BCUT2D eigenvalue weighted by molar-refractivity contribution is -0.954. The van der Waals surface area contributed by atoms with Gasteiger partial charge in [-0.15, -0.1) is 0 Å². The lowest BCUT2D eigenvalue weighted by Gasteiger charge is -2.37. The maximum Gasteiger partial charge on any atom is 0.171 e. The van der Waals surface area contributed by atoms with Gasteiger partial charge < -0.3 is 20.3 Å². The van der Waals surface area contributed by atoms with Crippen LogP contribution in [-0.4, -0.2) is 43.5 Å². The average molecular weight is 343 g/mol. The summed E-state index contributed by atoms with van der Waals surface area (Å²) in [6.07, 6.45) is 0. The van der Waals surface area contributed by atoms with Gasteiger partial charge in [-0.1, -0.05) is 17.7 Å². The van der Waals surface area contributed by atoms with E-state index in [2.05, 4.69) is 24.5 Å². The first kappa shape index (κ1) is 17.5. The molecule has 1 aromatic carbocycles. The molecule has 2 rings (SSSR count). The maximum absolute atomic E-state index is 6.13. The largest absolute Gasteiger partial charge is 0.370 e. The third-order valence-electron chi connectivity index (χ3n) is 4.26. The number of morpholine rings is 1. The predicted octanol–water partition coefficient (Wildman–Crippen LogP) is 1.63. The van der Waals surface area contributed by atoms with Gasteiger partial charge in [-0.25, -0.2) is 0 Å². The summed E-state index contributed by atoms with van der Waals surface area (Å²) >= 11 is 11.5. The maximum atomic E-state index is 6.13. The molecule has 0 amide bonds. The molecule has 1 aromatic rings. The summed E-state index contributed by atoms with van der Waals surface area (Å²) in [5, 5.41) is 7.93. The Hall–Kier alpha value is -0.880. The van der Waals surface area contributed by atoms with Gasteiger partial charge in [-0.05, 0) is 50.7 Å². The monoisotopic (exact) mass is 342 g/mol. The summed E-state index contributed by atoms with van der Waals surface area (Å²) in [5.74, 6) is 0. The van der Waals surface area contributed by atoms with Crippen molar-refractivity contribution in [3.8, 4) is 0 Å². The van der Waals surface area contributed by atoms with Crippen molar-refractivity contribution in [2.45, 2.75) is 26.3 Å². The highest BCUT2D eigenvalue weighted by Crippen LogP contribution is 2.22. The Labute approximate surface area is 143 Å². The number of quaternary nitrogens is 1. The molecule has 6 heteroatoms. The van der Waals surface area contributed by atoms with Crippen molar-refractivity contribution in [1.29, 1.82) is 0 Å². The number of thiocarbonyl (C=S) groups is 1. The third kappa shape index (κ3) is 4.56. The quantitative estimate of drug-likeness (QED) is 0.727. The van der Waals surface area contributed by atoms with E-state index in [1.54, 1.807) is 4.90 Å². The van der Waals surface area contributed by atoms with Crippen LogP contribution in [0.15, 0.2) is 18.2 Å². The molecular weight excluding hydrogens is 318 g/mol. The highest BCUT2D eigenvalue weighted by molar-refractivity contribution is 7.80. The second-order valence-corrected chi connectivity index (χ2v) is 7.14. The summed E-state index contributed by atoms with van der Waals surface area (Å²) in [4.78, 5) is 1.55. The van der Waals surface area contributed by atoms with Crippen molar-refractivity contribution in [2.24, 2.45) is 0 Å². The van der Waals surface area contributed by atoms with Crippen LogP contribution < -0.4 is 15.5 Å². The number of anilines is 1. The molecule has 1 fully saturated rings. The molecular formula is C16H25ClN3OS+. The Morgan fingerprint density at radius 3 is 2.73 bits per heavy atom. The number of hydrogen-bond acceptors (Lipinski definition) is 2. The van der Waals surface area contributed by atoms with E-state index >= 15 is 0 Å². The Bertz CT molecular complexity index is 530. The van der Waals surface area contributed by atoms with E-state index in [1.165, 1.54) is 0 Å². The van der Waals surface area contributed by atoms with Gasteiger partial charge in [0, 0.05) is 10.7 Å². The van der Waals surface area contributed by atoms with Crippen molar-refractivity contribution < 1.29 is 9.64 Å². The van der Waals surface area contributed by atoms with Gasteiger partial charge in [0.05, 0.1) is 19.8 Å². The number of benzene rings is 1. The molecule has 0 aromatic heterocycles. The van der Waals surface area contributed by atoms with Crippen molar-refractivity contribution >= 4 is 34.6 Å². The zero-order valence-corrected chi connectivity index (χ0v) is 15.0. The zero-order valence-electron chi connectivity index (χ0n) is 13.5. The fourth-order valence-electron chi connectivity index (χ4n) is 2.63. The minimum Gasteiger partial charge on any atom is -0.370 e. The first-order valence-electron chi connectivity index (χ1n) is 7.63. The topological polar surface area (TPSA) is 37.7 Å². The van der Waals surface area contributed by atoms with E-state index in [-0.39, 0.29) is 5.54 Å². The molecule has 1 aliphatic rings. The SMILES string of the molecule is Cc1c(Cl)cccc1NC(=S)NCC(C)(C)[NH+]1CCOCC1. The van der Waals surface area contributed by atoms with E-state index in [0.29, 0.717) is 5.11 Å². The molecule has 0 unspecified atom stereocenters. The Morgan fingerprint density at radius 1 is 1.36 bits per heavy atom. The fourth-order valence-corrected chi connectivity index (χ4v) is 2.99. The van der Waals surface area contributed by atoms with Crippen LogP contribution in [0, 0.1) is 6.92 Å². The van der Waals surface area contributed by atoms with E-state index < -0.39 is 0 Å². The lowest BCUT2D eigenvalue weighted by atomic mass is 10.0. The van der Waals surface area contributed by atoms with Crippen LogP contribution in [0.3, 0.4) is 0 Å². The Morgan fingerprint density at radius 2 is 2.05 bits per heavy atom. The lowest BCUT2D eigenvalue weighted by Crippen LogP contribution is -3.22. The fraction of sp³-hybridized carbons (Fsp3) is 0.562. The van der Waals surface area contributed by atoms with E-state index in [1.807, 2.05) is 25.1 Å². The molecule has 1 aliphatic heterocycles. The number of nitrogens with one attached hydrogen (secondary N) is 3. The molecule has 0 saturated carbocycles. The van der Waals surface area contributed by atoms with Crippen molar-refractivity contribution in [3.63, 3.8) is 0 Å². The number of hydrogen-bond donors (Lipinski definition) is 3. The zero-order chi connectivity index (χ0) is 16.2. The molecule has 4 nitrogen and oxygen atoms in total. The molecule has 0 bridgehead atoms. The average Bonchev–Trinajstić information content (AvgIpc) is 2.51. The van der Waals surface area contributed by atoms with Gasteiger partial charge in [-0.2, -0.15) is 0 Å². The third-order valence-corrected chi connectivity index (χ3v) is 4.92. The van der Waals surface area contributed by atoms with Crippen LogP contribution in [0.2, 0.25) is 5.02 Å². The summed E-state index contributed by atoms with van der Waals surface area (Å²) < 4.78 is 5.43. The van der Waals surface area contributed by atoms with Gasteiger partial charge in [0.25, 0.3) is 0 Å². The van der Waals surface area contributed by atoms with Gasteiger partial charge >= 0.3 is 0 Å². The summed E-state index contributed by atoms with van der Waals surface area (Å²) in [6, 6.07) is 5.78. The highest BCUT2D eigenvalue weighted by atomic mass is 35.5. The second kappa shape index (κ2) is 7.59. The van der Waals surface area contributed by atoms with Crippen LogP contribution >= 0.6 is 23.8 Å². The van der Waals surface area contributed by atoms with E-state index in [9.17, 15) is 0 Å². The number of ether oxygens (including phenoxy) is 1. The van der Waals surface area contributed by atoms with Crippen LogP contribution in [0.1, 0.15) is 19.4 Å². The molecule has 122 valence electrons. The number of halogens is 1. The van der Waals surface area contributed by atoms with Crippen LogP contribution in [0.5, 0.6) is 0 Å². The van der Waals surface area contributed by atoms with Crippen LogP contribution in [0.25, 0.3) is 0 Å². The first-order valence-corrected chi connectivity index (χ1v) is 8.41. The molecule has 22 heavy (non-hydrogen) atoms. The molecule has 0 radical (unpaired) electrons. The van der Waals surface area contributed by atoms with Crippen molar-refractivity contribution in [3.05, 3.63) is 28.8 Å². The smallest absolute Gasteiger partial charge is 0.171 e. The summed E-state index contributed by atoms with van der Waals surface area (Å²) in [7, 11) is 0. The molecule has 1 saturated heterocycles. The predicted molar refractivity (Wildman–Crippen MR) is 96.0 cm³/mol. The van der Waals surface area contributed by atoms with Crippen molar-refractivity contribution in [1.82, 2.24) is 5.32 Å². The van der Waals surface area contributed by atoms with Gasteiger partial charge in [0.15, 0.2) is 5.11 Å². The molecule has 3 N–H and O–H groups in total. The normalized spacial score (nSPS) is 16.4. The molecule has 0 aliphatic carbocycles. The minimum absolute atomic E-state index is 0.110. The second-order valence-electron chi connectivity index (χ2n) is 6.32. The van der Waals surface area contributed by atoms with Gasteiger partial charge in [-0.3, -0.25) is 0 Å². The van der Waals surface area contributed by atoms with Crippen LogP contribution in [0.4, 0.5) is 5.69 Å². The highest BCUT2D eigenvalue weighted by Gasteiger charge is 2.32. The van der Waals surface area contributed by atoms with E-state index in [0.717, 1.165) is 49.1 Å². The molecule has 1 heterocycles. The minimum atomic E-state index is 0.110. The standard InChI is InChI=1S/C16H24ClN3OS/c1-12-13(17)5-4-6-14(12)19-15(22)18-11-16(2,3)20-7-9-21-10-8-20/h4-6H,7-11H2,1-3H3,(H2,18,19,22)/p+1. The van der Waals surface area contributed by atoms with Gasteiger partial charge in [0.2, 0.25) is 0 Å². The summed E-state index contributed by atoms with van der Waals surface area (Å²) in [6.45, 7) is 11.1. The first-order chi connectivity index (χ1) is 10.4.